The van der Waals surface area contributed by atoms with Crippen molar-refractivity contribution in [1.29, 1.82) is 0 Å². The van der Waals surface area contributed by atoms with E-state index in [9.17, 15) is 4.79 Å². The summed E-state index contributed by atoms with van der Waals surface area (Å²) in [6.45, 7) is 5.89. The van der Waals surface area contributed by atoms with Crippen LogP contribution in [0.3, 0.4) is 0 Å². The molecule has 5 heteroatoms. The third kappa shape index (κ3) is 3.88. The molecule has 0 spiro atoms. The zero-order valence-corrected chi connectivity index (χ0v) is 15.1. The van der Waals surface area contributed by atoms with Gasteiger partial charge in [0.25, 0.3) is 0 Å². The molecule has 132 valence electrons. The van der Waals surface area contributed by atoms with Crippen LogP contribution in [0.2, 0.25) is 0 Å². The Balaban J connectivity index is 2.08. The van der Waals surface area contributed by atoms with Gasteiger partial charge in [0.05, 0.1) is 12.3 Å². The lowest BCUT2D eigenvalue weighted by Gasteiger charge is -2.14. The molecule has 1 N–H and O–H groups in total. The van der Waals surface area contributed by atoms with E-state index >= 15 is 0 Å². The topological polar surface area (TPSA) is 64.1 Å². The van der Waals surface area contributed by atoms with Gasteiger partial charge in [0.15, 0.2) is 5.82 Å². The van der Waals surface area contributed by atoms with Crippen LogP contribution in [0.5, 0.6) is 0 Å². The van der Waals surface area contributed by atoms with E-state index in [1.54, 1.807) is 13.8 Å². The molecule has 0 aliphatic rings. The minimum Gasteiger partial charge on any atom is -0.462 e. The highest BCUT2D eigenvalue weighted by Gasteiger charge is 2.20. The van der Waals surface area contributed by atoms with Crippen LogP contribution in [0.1, 0.15) is 28.5 Å². The van der Waals surface area contributed by atoms with Crippen molar-refractivity contribution in [2.75, 3.05) is 11.9 Å². The van der Waals surface area contributed by atoms with Crippen molar-refractivity contribution in [3.63, 3.8) is 0 Å². The van der Waals surface area contributed by atoms with Crippen LogP contribution >= 0.6 is 0 Å². The predicted octanol–water partition coefficient (Wildman–Crippen LogP) is 4.68. The number of ether oxygens (including phenoxy) is 1. The first kappa shape index (κ1) is 17.6. The third-order valence-corrected chi connectivity index (χ3v) is 3.92. The van der Waals surface area contributed by atoms with Gasteiger partial charge in [0, 0.05) is 11.3 Å². The zero-order chi connectivity index (χ0) is 18.5. The number of aryl methyl sites for hydroxylation is 2. The standard InChI is InChI=1S/C21H21N3O2/c1-4-26-21(25)18-15(3)22-19(16-8-6-5-7-9-16)24-20(18)23-17-12-10-14(2)11-13-17/h5-13H,4H2,1-3H3,(H,22,23,24). The number of nitrogens with zero attached hydrogens (tertiary/aromatic N) is 2. The summed E-state index contributed by atoms with van der Waals surface area (Å²) < 4.78 is 5.19. The number of esters is 1. The zero-order valence-electron chi connectivity index (χ0n) is 15.1. The van der Waals surface area contributed by atoms with Crippen LogP contribution < -0.4 is 5.32 Å². The first-order valence-corrected chi connectivity index (χ1v) is 8.53. The molecular formula is C21H21N3O2. The van der Waals surface area contributed by atoms with Gasteiger partial charge in [-0.05, 0) is 32.9 Å². The number of anilines is 2. The van der Waals surface area contributed by atoms with E-state index in [2.05, 4.69) is 15.3 Å². The Morgan fingerprint density at radius 1 is 1.00 bits per heavy atom. The van der Waals surface area contributed by atoms with Gasteiger partial charge in [0.2, 0.25) is 0 Å². The second-order valence-electron chi connectivity index (χ2n) is 5.93. The number of carbonyl (C=O) groups excluding carboxylic acids is 1. The van der Waals surface area contributed by atoms with Crippen LogP contribution in [0.25, 0.3) is 11.4 Å². The van der Waals surface area contributed by atoms with Crippen LogP contribution in [0.15, 0.2) is 54.6 Å². The Morgan fingerprint density at radius 2 is 1.69 bits per heavy atom. The van der Waals surface area contributed by atoms with Crippen LogP contribution in [0.4, 0.5) is 11.5 Å². The molecule has 5 nitrogen and oxygen atoms in total. The molecule has 0 unspecified atom stereocenters. The first-order chi connectivity index (χ1) is 12.6. The van der Waals surface area contributed by atoms with E-state index in [0.717, 1.165) is 16.8 Å². The average Bonchev–Trinajstić information content (AvgIpc) is 2.64. The molecule has 0 aliphatic heterocycles. The van der Waals surface area contributed by atoms with E-state index in [4.69, 9.17) is 4.74 Å². The minimum absolute atomic E-state index is 0.294. The summed E-state index contributed by atoms with van der Waals surface area (Å²) in [4.78, 5) is 21.5. The summed E-state index contributed by atoms with van der Waals surface area (Å²) in [6.07, 6.45) is 0. The molecule has 2 aromatic carbocycles. The molecule has 1 aromatic heterocycles. The van der Waals surface area contributed by atoms with E-state index < -0.39 is 5.97 Å². The summed E-state index contributed by atoms with van der Waals surface area (Å²) in [7, 11) is 0. The molecule has 0 atom stereocenters. The van der Waals surface area contributed by atoms with Crippen LogP contribution in [-0.4, -0.2) is 22.5 Å². The fourth-order valence-electron chi connectivity index (χ4n) is 2.60. The van der Waals surface area contributed by atoms with Gasteiger partial charge in [-0.25, -0.2) is 14.8 Å². The van der Waals surface area contributed by atoms with E-state index in [-0.39, 0.29) is 0 Å². The lowest BCUT2D eigenvalue weighted by Crippen LogP contribution is -2.13. The number of rotatable bonds is 5. The maximum atomic E-state index is 12.4. The van der Waals surface area contributed by atoms with Gasteiger partial charge in [-0.1, -0.05) is 48.0 Å². The maximum Gasteiger partial charge on any atom is 0.343 e. The molecule has 1 heterocycles. The molecule has 0 saturated heterocycles. The first-order valence-electron chi connectivity index (χ1n) is 8.53. The normalized spacial score (nSPS) is 10.4. The second-order valence-corrected chi connectivity index (χ2v) is 5.93. The van der Waals surface area contributed by atoms with Crippen molar-refractivity contribution in [3.05, 3.63) is 71.4 Å². The number of hydrogen-bond donors (Lipinski definition) is 1. The maximum absolute atomic E-state index is 12.4. The van der Waals surface area contributed by atoms with Gasteiger partial charge in [-0.3, -0.25) is 0 Å². The fourth-order valence-corrected chi connectivity index (χ4v) is 2.60. The van der Waals surface area contributed by atoms with Crippen molar-refractivity contribution >= 4 is 17.5 Å². The van der Waals surface area contributed by atoms with Crippen LogP contribution in [-0.2, 0) is 4.74 Å². The number of hydrogen-bond acceptors (Lipinski definition) is 5. The Morgan fingerprint density at radius 3 is 2.35 bits per heavy atom. The molecule has 0 fully saturated rings. The van der Waals surface area contributed by atoms with Crippen molar-refractivity contribution in [3.8, 4) is 11.4 Å². The van der Waals surface area contributed by atoms with Crippen molar-refractivity contribution in [2.45, 2.75) is 20.8 Å². The molecule has 0 radical (unpaired) electrons. The molecule has 3 rings (SSSR count). The van der Waals surface area contributed by atoms with Crippen molar-refractivity contribution in [1.82, 2.24) is 9.97 Å². The van der Waals surface area contributed by atoms with Gasteiger partial charge in [-0.15, -0.1) is 0 Å². The molecule has 0 aliphatic carbocycles. The molecule has 0 amide bonds. The number of nitrogens with one attached hydrogen (secondary N) is 1. The molecule has 0 bridgehead atoms. The van der Waals surface area contributed by atoms with E-state index in [1.165, 1.54) is 0 Å². The largest absolute Gasteiger partial charge is 0.462 e. The fraction of sp³-hybridized carbons (Fsp3) is 0.190. The lowest BCUT2D eigenvalue weighted by atomic mass is 10.1. The third-order valence-electron chi connectivity index (χ3n) is 3.92. The monoisotopic (exact) mass is 347 g/mol. The Kier molecular flexibility index (Phi) is 5.27. The Labute approximate surface area is 153 Å². The summed E-state index contributed by atoms with van der Waals surface area (Å²) in [5.74, 6) is 0.573. The lowest BCUT2D eigenvalue weighted by molar-refractivity contribution is 0.0526. The summed E-state index contributed by atoms with van der Waals surface area (Å²) in [5.41, 5.74) is 3.82. The second kappa shape index (κ2) is 7.78. The average molecular weight is 347 g/mol. The van der Waals surface area contributed by atoms with E-state index in [0.29, 0.717) is 29.5 Å². The molecular weight excluding hydrogens is 326 g/mol. The Hall–Kier alpha value is -3.21. The Bertz CT molecular complexity index is 907. The van der Waals surface area contributed by atoms with Crippen LogP contribution in [0, 0.1) is 13.8 Å². The smallest absolute Gasteiger partial charge is 0.343 e. The SMILES string of the molecule is CCOC(=O)c1c(C)nc(-c2ccccc2)nc1Nc1ccc(C)cc1. The van der Waals surface area contributed by atoms with Gasteiger partial charge >= 0.3 is 5.97 Å². The molecule has 3 aromatic rings. The number of aromatic nitrogens is 2. The summed E-state index contributed by atoms with van der Waals surface area (Å²) in [5, 5.41) is 3.24. The molecule has 26 heavy (non-hydrogen) atoms. The highest BCUT2D eigenvalue weighted by Crippen LogP contribution is 2.26. The van der Waals surface area contributed by atoms with E-state index in [1.807, 2.05) is 61.5 Å². The van der Waals surface area contributed by atoms with Gasteiger partial charge in [-0.2, -0.15) is 0 Å². The number of benzene rings is 2. The summed E-state index contributed by atoms with van der Waals surface area (Å²) in [6, 6.07) is 17.6. The quantitative estimate of drug-likeness (QED) is 0.679. The predicted molar refractivity (Wildman–Crippen MR) is 103 cm³/mol. The minimum atomic E-state index is -0.431. The highest BCUT2D eigenvalue weighted by atomic mass is 16.5. The number of carbonyl (C=O) groups is 1. The molecule has 0 saturated carbocycles. The van der Waals surface area contributed by atoms with Gasteiger partial charge < -0.3 is 10.1 Å². The highest BCUT2D eigenvalue weighted by molar-refractivity contribution is 5.97. The summed E-state index contributed by atoms with van der Waals surface area (Å²) >= 11 is 0. The van der Waals surface area contributed by atoms with Crippen molar-refractivity contribution in [2.24, 2.45) is 0 Å². The van der Waals surface area contributed by atoms with Gasteiger partial charge in [0.1, 0.15) is 11.4 Å². The van der Waals surface area contributed by atoms with Crippen molar-refractivity contribution < 1.29 is 9.53 Å².